The summed E-state index contributed by atoms with van der Waals surface area (Å²) >= 11 is 6.22. The predicted octanol–water partition coefficient (Wildman–Crippen LogP) is -0.0309. The molecule has 0 bridgehead atoms. The van der Waals surface area contributed by atoms with E-state index in [1.807, 2.05) is 0 Å². The van der Waals surface area contributed by atoms with Crippen molar-refractivity contribution in [2.45, 2.75) is 0 Å². The summed E-state index contributed by atoms with van der Waals surface area (Å²) in [6.45, 7) is 0. The average Bonchev–Trinajstić information content (AvgIpc) is 1.46. The van der Waals surface area contributed by atoms with Crippen LogP contribution in [0, 0.1) is 0 Å². The summed E-state index contributed by atoms with van der Waals surface area (Å²) < 4.78 is 0. The first-order chi connectivity index (χ1) is 2.41. The molecule has 0 aromatic carbocycles. The molecule has 0 aliphatic heterocycles. The van der Waals surface area contributed by atoms with Crippen LogP contribution >= 0.6 is 24.0 Å². The number of nitrogens with two attached hydrogens (primary N) is 1. The second-order valence-corrected chi connectivity index (χ2v) is 16.9. The van der Waals surface area contributed by atoms with Crippen molar-refractivity contribution in [1.29, 1.82) is 0 Å². The normalized spacial score (nSPS) is 4.00. The number of hydrogen-bond donors (Lipinski definition) is 1. The Hall–Kier alpha value is 3.10. The minimum absolute atomic E-state index is 0. The summed E-state index contributed by atoms with van der Waals surface area (Å²) in [5, 5.41) is 0. The zero-order chi connectivity index (χ0) is 4.71. The maximum absolute atomic E-state index is 4.50. The Morgan fingerprint density at radius 1 is 1.33 bits per heavy atom. The molecule has 6 heavy (non-hydrogen) atoms. The van der Waals surface area contributed by atoms with Crippen molar-refractivity contribution >= 4 is 81.1 Å². The average molecular weight is 440 g/mol. The molecule has 0 fully saturated rings. The molecule has 2 radical (unpaired) electrons. The van der Waals surface area contributed by atoms with E-state index in [2.05, 4.69) is 29.7 Å². The predicted molar refractivity (Wildman–Crippen MR) is 42.3 cm³/mol. The van der Waals surface area contributed by atoms with Crippen LogP contribution < -0.4 is 5.73 Å². The van der Waals surface area contributed by atoms with Crippen LogP contribution in [0.25, 0.3) is 0 Å². The van der Waals surface area contributed by atoms with Crippen molar-refractivity contribution in [2.24, 2.45) is 5.73 Å². The molecule has 0 saturated heterocycles. The van der Waals surface area contributed by atoms with Gasteiger partial charge in [-0.3, -0.25) is 0 Å². The van der Waals surface area contributed by atoms with E-state index in [0.29, 0.717) is 0 Å². The second-order valence-electron chi connectivity index (χ2n) is 0.0714. The monoisotopic (exact) mass is 439 g/mol. The van der Waals surface area contributed by atoms with Crippen molar-refractivity contribution < 1.29 is 0 Å². The van der Waals surface area contributed by atoms with Gasteiger partial charge in [0.25, 0.3) is 0 Å². The molecule has 36 valence electrons. The Labute approximate surface area is 91.6 Å². The standard InChI is InChI=1S/CH5N.2BrH.Ca.Pb.2H/c1-2;;;;;;/h2H2,1H3;2*1H;;;;/q;;;;+2;;/p-2. The number of hydrogen-bond acceptors (Lipinski definition) is 1. The van der Waals surface area contributed by atoms with Crippen LogP contribution in [0.4, 0.5) is 0 Å². The molecule has 0 rings (SSSR count). The Balaban J connectivity index is -0.0000000275. The van der Waals surface area contributed by atoms with Gasteiger partial charge in [-0.25, -0.2) is 0 Å². The molecule has 0 aliphatic carbocycles. The molecule has 0 aromatic rings. The van der Waals surface area contributed by atoms with Crippen LogP contribution in [0.15, 0.2) is 0 Å². The number of rotatable bonds is 0. The first-order valence-electron chi connectivity index (χ1n) is 0.955. The molecule has 2 N–H and O–H groups in total. The van der Waals surface area contributed by atoms with Crippen molar-refractivity contribution in [3.8, 4) is 0 Å². The Bertz CT molecular complexity index is 13.5. The first kappa shape index (κ1) is 16.0. The topological polar surface area (TPSA) is 26.0 Å². The van der Waals surface area contributed by atoms with Crippen molar-refractivity contribution in [3.63, 3.8) is 0 Å². The van der Waals surface area contributed by atoms with Gasteiger partial charge < -0.3 is 5.73 Å². The molecular weight excluding hydrogens is 433 g/mol. The maximum atomic E-state index is 4.50. The summed E-state index contributed by atoms with van der Waals surface area (Å²) in [4.78, 5) is 0. The fourth-order valence-corrected chi connectivity index (χ4v) is 0. The van der Waals surface area contributed by atoms with Gasteiger partial charge in [0.05, 0.1) is 0 Å². The van der Waals surface area contributed by atoms with Gasteiger partial charge in [0.15, 0.2) is 0 Å². The van der Waals surface area contributed by atoms with E-state index >= 15 is 0 Å². The third kappa shape index (κ3) is 27.5. The van der Waals surface area contributed by atoms with Gasteiger partial charge in [-0.2, -0.15) is 0 Å². The fraction of sp³-hybridized carbons (Fsp3) is 1.00. The third-order valence-electron chi connectivity index (χ3n) is 0. The quantitative estimate of drug-likeness (QED) is 0.527. The molecule has 0 heterocycles. The Morgan fingerprint density at radius 3 is 1.33 bits per heavy atom. The summed E-state index contributed by atoms with van der Waals surface area (Å²) in [6, 6.07) is 0. The molecule has 0 amide bonds. The van der Waals surface area contributed by atoms with E-state index in [9.17, 15) is 0 Å². The molecule has 0 aliphatic rings. The first-order valence-corrected chi connectivity index (χ1v) is 17.8. The summed E-state index contributed by atoms with van der Waals surface area (Å²) in [5.41, 5.74) is 4.50. The van der Waals surface area contributed by atoms with Gasteiger partial charge in [-0.1, -0.05) is 0 Å². The Kier molecular flexibility index (Phi) is 65.0. The van der Waals surface area contributed by atoms with E-state index < -0.39 is 0 Å². The molecular formula is CH7Br2CaNPb. The van der Waals surface area contributed by atoms with E-state index in [4.69, 9.17) is 0 Å². The van der Waals surface area contributed by atoms with Crippen molar-refractivity contribution in [2.75, 3.05) is 7.05 Å². The van der Waals surface area contributed by atoms with Crippen LogP contribution in [0.1, 0.15) is 0 Å². The molecule has 5 heteroatoms. The van der Waals surface area contributed by atoms with Crippen LogP contribution in [0.5, 0.6) is 0 Å². The second kappa shape index (κ2) is 24.3. The summed E-state index contributed by atoms with van der Waals surface area (Å²) in [5.74, 6) is 0. The van der Waals surface area contributed by atoms with E-state index in [1.165, 1.54) is 7.05 Å². The Morgan fingerprint density at radius 2 is 1.33 bits per heavy atom. The van der Waals surface area contributed by atoms with Gasteiger partial charge in [0, 0.05) is 0 Å². The third-order valence-corrected chi connectivity index (χ3v) is 0. The van der Waals surface area contributed by atoms with Crippen LogP contribution in [-0.2, 0) is 0 Å². The van der Waals surface area contributed by atoms with Gasteiger partial charge in [0.1, 0.15) is 0 Å². The zero-order valence-electron chi connectivity index (χ0n) is 2.83. The fourth-order valence-electron chi connectivity index (χ4n) is 0. The van der Waals surface area contributed by atoms with Gasteiger partial charge in [0.2, 0.25) is 0 Å². The zero-order valence-corrected chi connectivity index (χ0v) is 9.89. The van der Waals surface area contributed by atoms with Crippen LogP contribution in [0.3, 0.4) is 0 Å². The van der Waals surface area contributed by atoms with E-state index in [0.717, 1.165) is 0 Å². The van der Waals surface area contributed by atoms with Gasteiger partial charge >= 0.3 is 81.1 Å². The van der Waals surface area contributed by atoms with Gasteiger partial charge in [-0.05, 0) is 7.05 Å². The van der Waals surface area contributed by atoms with Crippen molar-refractivity contribution in [3.05, 3.63) is 0 Å². The van der Waals surface area contributed by atoms with Crippen LogP contribution in [0.2, 0.25) is 0 Å². The number of halogens is 2. The van der Waals surface area contributed by atoms with Crippen molar-refractivity contribution in [1.82, 2.24) is 0 Å². The summed E-state index contributed by atoms with van der Waals surface area (Å²) in [6.07, 6.45) is 0. The molecule has 0 unspecified atom stereocenters. The molecule has 0 atom stereocenters. The molecule has 0 saturated carbocycles. The van der Waals surface area contributed by atoms with E-state index in [-0.39, 0.29) is 57.2 Å². The van der Waals surface area contributed by atoms with Crippen LogP contribution in [-0.4, -0.2) is 64.2 Å². The van der Waals surface area contributed by atoms with Gasteiger partial charge in [-0.15, -0.1) is 0 Å². The molecule has 0 aromatic heterocycles. The molecule has 0 spiro atoms. The minimum atomic E-state index is -0.292. The SMILES string of the molecule is CN.[Br][Pb][Br].[CaH2]. The molecule has 1 nitrogen and oxygen atoms in total. The summed E-state index contributed by atoms with van der Waals surface area (Å²) in [7, 11) is 1.50. The van der Waals surface area contributed by atoms with E-state index in [1.54, 1.807) is 0 Å².